The number of nitrogens with zero attached hydrogens (tertiary/aromatic N) is 2. The molecule has 2 aromatic rings. The zero-order valence-corrected chi connectivity index (χ0v) is 15.4. The van der Waals surface area contributed by atoms with Crippen molar-refractivity contribution in [2.24, 2.45) is 5.41 Å². The summed E-state index contributed by atoms with van der Waals surface area (Å²) in [6.45, 7) is 3.19. The third-order valence-corrected chi connectivity index (χ3v) is 5.68. The summed E-state index contributed by atoms with van der Waals surface area (Å²) in [5.74, 6) is 1.25. The summed E-state index contributed by atoms with van der Waals surface area (Å²) in [5, 5.41) is 6.87. The minimum Gasteiger partial charge on any atom is -0.370 e. The molecule has 0 bridgehead atoms. The molecule has 138 valence electrons. The molecule has 0 unspecified atom stereocenters. The van der Waals surface area contributed by atoms with Crippen molar-refractivity contribution in [3.8, 4) is 11.1 Å². The van der Waals surface area contributed by atoms with Crippen molar-refractivity contribution in [2.45, 2.75) is 57.9 Å². The Morgan fingerprint density at radius 1 is 1.12 bits per heavy atom. The molecule has 2 N–H and O–H groups in total. The van der Waals surface area contributed by atoms with Crippen LogP contribution in [-0.2, 0) is 0 Å². The molecule has 0 saturated heterocycles. The van der Waals surface area contributed by atoms with Gasteiger partial charge in [0.2, 0.25) is 0 Å². The molecule has 0 amide bonds. The second-order valence-electron chi connectivity index (χ2n) is 8.12. The van der Waals surface area contributed by atoms with Gasteiger partial charge in [-0.2, -0.15) is 0 Å². The summed E-state index contributed by atoms with van der Waals surface area (Å²) in [5.41, 5.74) is 1.80. The fourth-order valence-electron chi connectivity index (χ4n) is 3.58. The maximum Gasteiger partial charge on any atom is 0.149 e. The van der Waals surface area contributed by atoms with E-state index in [2.05, 4.69) is 27.5 Å². The highest BCUT2D eigenvalue weighted by Gasteiger charge is 2.36. The largest absolute Gasteiger partial charge is 0.370 e. The fraction of sp³-hybridized carbons (Fsp3) is 0.524. The zero-order chi connectivity index (χ0) is 18.0. The van der Waals surface area contributed by atoms with Crippen molar-refractivity contribution in [3.05, 3.63) is 36.4 Å². The number of anilines is 2. The Morgan fingerprint density at radius 2 is 1.92 bits per heavy atom. The SMILES string of the molecule is CC1(CNc2cc(-c3cc(NC4CCCCC4)ncc3F)ccn2)CC1. The molecule has 4 rings (SSSR count). The van der Waals surface area contributed by atoms with Crippen molar-refractivity contribution in [1.82, 2.24) is 9.97 Å². The van der Waals surface area contributed by atoms with Crippen LogP contribution in [0.5, 0.6) is 0 Å². The average molecular weight is 354 g/mol. The number of rotatable bonds is 6. The summed E-state index contributed by atoms with van der Waals surface area (Å²) in [6, 6.07) is 6.05. The third kappa shape index (κ3) is 4.14. The summed E-state index contributed by atoms with van der Waals surface area (Å²) in [6.07, 6.45) is 11.7. The summed E-state index contributed by atoms with van der Waals surface area (Å²) in [4.78, 5) is 8.62. The number of nitrogens with one attached hydrogen (secondary N) is 2. The quantitative estimate of drug-likeness (QED) is 0.745. The molecule has 0 aromatic carbocycles. The fourth-order valence-corrected chi connectivity index (χ4v) is 3.58. The van der Waals surface area contributed by atoms with Gasteiger partial charge in [0.1, 0.15) is 17.5 Å². The normalized spacial score (nSPS) is 19.2. The minimum absolute atomic E-state index is 0.300. The van der Waals surface area contributed by atoms with E-state index in [1.165, 1.54) is 38.3 Å². The molecule has 2 aliphatic carbocycles. The molecule has 2 fully saturated rings. The number of pyridine rings is 2. The van der Waals surface area contributed by atoms with Gasteiger partial charge in [0.15, 0.2) is 0 Å². The van der Waals surface area contributed by atoms with Crippen LogP contribution in [-0.4, -0.2) is 22.6 Å². The van der Waals surface area contributed by atoms with Crippen LogP contribution in [0, 0.1) is 11.2 Å². The van der Waals surface area contributed by atoms with Crippen molar-refractivity contribution in [3.63, 3.8) is 0 Å². The van der Waals surface area contributed by atoms with Crippen LogP contribution >= 0.6 is 0 Å². The third-order valence-electron chi connectivity index (χ3n) is 5.68. The second kappa shape index (κ2) is 7.22. The molecule has 0 aliphatic heterocycles. The predicted molar refractivity (Wildman–Crippen MR) is 104 cm³/mol. The van der Waals surface area contributed by atoms with E-state index in [1.54, 1.807) is 6.20 Å². The molecule has 26 heavy (non-hydrogen) atoms. The first-order valence-electron chi connectivity index (χ1n) is 9.74. The van der Waals surface area contributed by atoms with E-state index in [9.17, 15) is 4.39 Å². The molecule has 2 aliphatic rings. The van der Waals surface area contributed by atoms with E-state index in [-0.39, 0.29) is 5.82 Å². The van der Waals surface area contributed by atoms with Gasteiger partial charge in [0.25, 0.3) is 0 Å². The summed E-state index contributed by atoms with van der Waals surface area (Å²) in [7, 11) is 0. The van der Waals surface area contributed by atoms with E-state index >= 15 is 0 Å². The molecule has 4 nitrogen and oxygen atoms in total. The van der Waals surface area contributed by atoms with Crippen LogP contribution in [0.1, 0.15) is 51.9 Å². The second-order valence-corrected chi connectivity index (χ2v) is 8.12. The van der Waals surface area contributed by atoms with Crippen molar-refractivity contribution < 1.29 is 4.39 Å². The lowest BCUT2D eigenvalue weighted by Gasteiger charge is -2.23. The Morgan fingerprint density at radius 3 is 2.69 bits per heavy atom. The average Bonchev–Trinajstić information content (AvgIpc) is 3.41. The Hall–Kier alpha value is -2.17. The van der Waals surface area contributed by atoms with Crippen LogP contribution < -0.4 is 10.6 Å². The Labute approximate surface area is 154 Å². The van der Waals surface area contributed by atoms with E-state index in [0.29, 0.717) is 17.0 Å². The van der Waals surface area contributed by atoms with E-state index in [4.69, 9.17) is 0 Å². The number of aromatic nitrogens is 2. The highest BCUT2D eigenvalue weighted by atomic mass is 19.1. The molecule has 0 atom stereocenters. The van der Waals surface area contributed by atoms with Gasteiger partial charge in [-0.25, -0.2) is 14.4 Å². The van der Waals surface area contributed by atoms with Crippen molar-refractivity contribution in [1.29, 1.82) is 0 Å². The standard InChI is InChI=1S/C21H27FN4/c1-21(8-9-21)14-25-19-11-15(7-10-23-19)17-12-20(24-13-18(17)22)26-16-5-3-2-4-6-16/h7,10-13,16H,2-6,8-9,14H2,1H3,(H,23,25)(H,24,26). The Balaban J connectivity index is 1.51. The highest BCUT2D eigenvalue weighted by molar-refractivity contribution is 5.69. The monoisotopic (exact) mass is 354 g/mol. The molecular weight excluding hydrogens is 327 g/mol. The van der Waals surface area contributed by atoms with Gasteiger partial charge >= 0.3 is 0 Å². The van der Waals surface area contributed by atoms with E-state index in [1.807, 2.05) is 18.2 Å². The van der Waals surface area contributed by atoms with Gasteiger partial charge in [-0.1, -0.05) is 26.2 Å². The number of hydrogen-bond donors (Lipinski definition) is 2. The highest BCUT2D eigenvalue weighted by Crippen LogP contribution is 2.44. The maximum atomic E-state index is 14.4. The molecule has 2 saturated carbocycles. The van der Waals surface area contributed by atoms with Crippen LogP contribution in [0.3, 0.4) is 0 Å². The summed E-state index contributed by atoms with van der Waals surface area (Å²) >= 11 is 0. The van der Waals surface area contributed by atoms with Gasteiger partial charge in [0, 0.05) is 24.3 Å². The first-order valence-corrected chi connectivity index (χ1v) is 9.74. The predicted octanol–water partition coefficient (Wildman–Crippen LogP) is 5.24. The topological polar surface area (TPSA) is 49.8 Å². The van der Waals surface area contributed by atoms with Crippen LogP contribution in [0.25, 0.3) is 11.1 Å². The Kier molecular flexibility index (Phi) is 4.79. The Bertz CT molecular complexity index is 766. The van der Waals surface area contributed by atoms with Gasteiger partial charge in [-0.05, 0) is 54.9 Å². The van der Waals surface area contributed by atoms with Gasteiger partial charge in [0.05, 0.1) is 6.20 Å². The zero-order valence-electron chi connectivity index (χ0n) is 15.4. The van der Waals surface area contributed by atoms with E-state index < -0.39 is 0 Å². The first-order chi connectivity index (χ1) is 12.6. The molecule has 2 heterocycles. The first kappa shape index (κ1) is 17.3. The molecule has 5 heteroatoms. The van der Waals surface area contributed by atoms with Crippen LogP contribution in [0.4, 0.5) is 16.0 Å². The van der Waals surface area contributed by atoms with Crippen LogP contribution in [0.15, 0.2) is 30.6 Å². The molecule has 0 spiro atoms. The minimum atomic E-state index is -0.300. The maximum absolute atomic E-state index is 14.4. The molecule has 2 aromatic heterocycles. The molecular formula is C21H27FN4. The van der Waals surface area contributed by atoms with Crippen molar-refractivity contribution >= 4 is 11.6 Å². The van der Waals surface area contributed by atoms with Crippen molar-refractivity contribution in [2.75, 3.05) is 17.2 Å². The molecule has 0 radical (unpaired) electrons. The lowest BCUT2D eigenvalue weighted by molar-refractivity contribution is 0.461. The van der Waals surface area contributed by atoms with Gasteiger partial charge in [-0.15, -0.1) is 0 Å². The lowest BCUT2D eigenvalue weighted by atomic mass is 9.95. The summed E-state index contributed by atoms with van der Waals surface area (Å²) < 4.78 is 14.4. The lowest BCUT2D eigenvalue weighted by Crippen LogP contribution is -2.22. The van der Waals surface area contributed by atoms with Crippen LogP contribution in [0.2, 0.25) is 0 Å². The van der Waals surface area contributed by atoms with Gasteiger partial charge in [-0.3, -0.25) is 0 Å². The number of hydrogen-bond acceptors (Lipinski definition) is 4. The van der Waals surface area contributed by atoms with Gasteiger partial charge < -0.3 is 10.6 Å². The number of halogens is 1. The van der Waals surface area contributed by atoms with E-state index in [0.717, 1.165) is 36.6 Å². The smallest absolute Gasteiger partial charge is 0.149 e.